The number of hydrogen-bond donors (Lipinski definition) is 0. The number of piperidine rings is 1. The number of hydrogen-bond acceptors (Lipinski definition) is 6. The fourth-order valence-electron chi connectivity index (χ4n) is 7.46. The smallest absolute Gasteiger partial charge is 0.289 e. The molecule has 0 radical (unpaired) electrons. The van der Waals surface area contributed by atoms with Crippen molar-refractivity contribution in [2.75, 3.05) is 19.3 Å². The van der Waals surface area contributed by atoms with Gasteiger partial charge in [0.05, 0.1) is 17.2 Å². The van der Waals surface area contributed by atoms with Gasteiger partial charge < -0.3 is 14.2 Å². The molecule has 3 unspecified atom stereocenters. The molecule has 8 nitrogen and oxygen atoms in total. The molecule has 1 saturated carbocycles. The molecule has 5 rings (SSSR count). The number of carbonyl (C=O) groups is 2. The number of sulfone groups is 1. The molecule has 3 fully saturated rings. The molecule has 3 aliphatic rings. The molecule has 41 heavy (non-hydrogen) atoms. The SMILES string of the molecule is CC(=O)N1C2C(CC(c3ccc(S(C)(=O)=O)cc3)CN2C2CCCCCCCCC2)N(C(=O)c2ccco2)C[C@@H]1C. The number of likely N-dealkylation sites (tertiary alicyclic amines) is 1. The predicted molar refractivity (Wildman–Crippen MR) is 158 cm³/mol. The standard InChI is InChI=1S/C32H45N3O5S/c1-23-21-34(32(37)30-14-11-19-40-30)29-20-26(25-15-17-28(18-16-25)41(3,38)39)22-33(31(29)35(23)24(2)36)27-12-9-7-5-4-6-8-10-13-27/h11,14-19,23,26-27,29,31H,4-10,12-13,20-22H2,1-3H3/t23-,26?,29?,31?/m0/s1. The third kappa shape index (κ3) is 6.56. The summed E-state index contributed by atoms with van der Waals surface area (Å²) in [5, 5.41) is 0. The first kappa shape index (κ1) is 29.8. The van der Waals surface area contributed by atoms with Gasteiger partial charge in [-0.3, -0.25) is 14.5 Å². The fraction of sp³-hybridized carbons (Fsp3) is 0.625. The Hall–Kier alpha value is -2.65. The number of rotatable bonds is 4. The molecular weight excluding hydrogens is 538 g/mol. The van der Waals surface area contributed by atoms with Crippen LogP contribution in [0.3, 0.4) is 0 Å². The molecule has 0 N–H and O–H groups in total. The third-order valence-corrected chi connectivity index (χ3v) is 10.6. The van der Waals surface area contributed by atoms with Crippen LogP contribution in [-0.2, 0) is 14.6 Å². The highest BCUT2D eigenvalue weighted by Gasteiger charge is 2.51. The average molecular weight is 584 g/mol. The summed E-state index contributed by atoms with van der Waals surface area (Å²) >= 11 is 0. The lowest BCUT2D eigenvalue weighted by atomic mass is 9.81. The minimum atomic E-state index is -3.30. The summed E-state index contributed by atoms with van der Waals surface area (Å²) < 4.78 is 29.8. The van der Waals surface area contributed by atoms with E-state index in [2.05, 4.69) is 4.90 Å². The van der Waals surface area contributed by atoms with Crippen molar-refractivity contribution in [3.63, 3.8) is 0 Å². The summed E-state index contributed by atoms with van der Waals surface area (Å²) in [7, 11) is -3.30. The molecule has 4 atom stereocenters. The Labute approximate surface area is 245 Å². The summed E-state index contributed by atoms with van der Waals surface area (Å²) in [5.74, 6) is 0.309. The Bertz CT molecular complexity index is 1280. The number of piperazine rings is 1. The van der Waals surface area contributed by atoms with Gasteiger partial charge in [0, 0.05) is 38.4 Å². The van der Waals surface area contributed by atoms with E-state index in [1.807, 2.05) is 28.9 Å². The first-order valence-corrected chi connectivity index (χ1v) is 17.2. The van der Waals surface area contributed by atoms with Crippen LogP contribution < -0.4 is 0 Å². The van der Waals surface area contributed by atoms with Crippen molar-refractivity contribution in [1.29, 1.82) is 0 Å². The summed E-state index contributed by atoms with van der Waals surface area (Å²) in [6, 6.07) is 10.7. The van der Waals surface area contributed by atoms with Crippen molar-refractivity contribution in [3.8, 4) is 0 Å². The molecular formula is C32H45N3O5S. The molecule has 1 aromatic heterocycles. The third-order valence-electron chi connectivity index (χ3n) is 9.44. The molecule has 2 saturated heterocycles. The van der Waals surface area contributed by atoms with Gasteiger partial charge in [-0.1, -0.05) is 57.1 Å². The first-order chi connectivity index (χ1) is 19.6. The van der Waals surface area contributed by atoms with Gasteiger partial charge in [0.25, 0.3) is 5.91 Å². The fourth-order valence-corrected chi connectivity index (χ4v) is 8.09. The maximum absolute atomic E-state index is 13.8. The lowest BCUT2D eigenvalue weighted by Gasteiger charge is -2.59. The van der Waals surface area contributed by atoms with Crippen LogP contribution in [0.5, 0.6) is 0 Å². The summed E-state index contributed by atoms with van der Waals surface area (Å²) in [5.41, 5.74) is 1.07. The van der Waals surface area contributed by atoms with Gasteiger partial charge in [-0.05, 0) is 61.9 Å². The Morgan fingerprint density at radius 2 is 1.54 bits per heavy atom. The second kappa shape index (κ2) is 12.7. The van der Waals surface area contributed by atoms with Crippen molar-refractivity contribution in [2.45, 2.75) is 113 Å². The minimum Gasteiger partial charge on any atom is -0.459 e. The van der Waals surface area contributed by atoms with Crippen LogP contribution >= 0.6 is 0 Å². The highest BCUT2D eigenvalue weighted by molar-refractivity contribution is 7.90. The van der Waals surface area contributed by atoms with Gasteiger partial charge >= 0.3 is 0 Å². The van der Waals surface area contributed by atoms with Crippen molar-refractivity contribution in [3.05, 3.63) is 54.0 Å². The van der Waals surface area contributed by atoms with Crippen LogP contribution in [0.4, 0.5) is 0 Å². The lowest BCUT2D eigenvalue weighted by molar-refractivity contribution is -0.159. The van der Waals surface area contributed by atoms with Gasteiger partial charge in [0.15, 0.2) is 15.6 Å². The number of furan rings is 1. The Morgan fingerprint density at radius 3 is 2.10 bits per heavy atom. The van der Waals surface area contributed by atoms with E-state index in [-0.39, 0.29) is 36.0 Å². The quantitative estimate of drug-likeness (QED) is 0.475. The van der Waals surface area contributed by atoms with Gasteiger partial charge in [-0.15, -0.1) is 0 Å². The number of amides is 2. The van der Waals surface area contributed by atoms with E-state index < -0.39 is 9.84 Å². The zero-order chi connectivity index (χ0) is 29.1. The molecule has 2 aliphatic heterocycles. The molecule has 9 heteroatoms. The molecule has 3 heterocycles. The van der Waals surface area contributed by atoms with Gasteiger partial charge in [-0.25, -0.2) is 8.42 Å². The van der Waals surface area contributed by atoms with Crippen molar-refractivity contribution < 1.29 is 22.4 Å². The molecule has 0 bridgehead atoms. The predicted octanol–water partition coefficient (Wildman–Crippen LogP) is 5.45. The van der Waals surface area contributed by atoms with Crippen LogP contribution in [0.2, 0.25) is 0 Å². The topological polar surface area (TPSA) is 91.1 Å². The molecule has 2 amide bonds. The van der Waals surface area contributed by atoms with E-state index in [9.17, 15) is 18.0 Å². The van der Waals surface area contributed by atoms with Crippen LogP contribution in [-0.4, -0.2) is 78.6 Å². The van der Waals surface area contributed by atoms with Gasteiger partial charge in [-0.2, -0.15) is 0 Å². The lowest BCUT2D eigenvalue weighted by Crippen LogP contribution is -2.73. The Morgan fingerprint density at radius 1 is 0.902 bits per heavy atom. The largest absolute Gasteiger partial charge is 0.459 e. The van der Waals surface area contributed by atoms with Crippen LogP contribution in [0.25, 0.3) is 0 Å². The van der Waals surface area contributed by atoms with Gasteiger partial charge in [0.2, 0.25) is 5.91 Å². The molecule has 1 aliphatic carbocycles. The zero-order valence-electron chi connectivity index (χ0n) is 24.7. The number of fused-ring (bicyclic) bond motifs is 1. The molecule has 2 aromatic rings. The number of carbonyl (C=O) groups excluding carboxylic acids is 2. The highest BCUT2D eigenvalue weighted by atomic mass is 32.2. The van der Waals surface area contributed by atoms with Crippen molar-refractivity contribution in [1.82, 2.24) is 14.7 Å². The van der Waals surface area contributed by atoms with Crippen LogP contribution in [0, 0.1) is 0 Å². The normalized spacial score (nSPS) is 27.3. The zero-order valence-corrected chi connectivity index (χ0v) is 25.5. The van der Waals surface area contributed by atoms with E-state index in [0.717, 1.165) is 37.8 Å². The van der Waals surface area contributed by atoms with E-state index in [1.54, 1.807) is 31.2 Å². The summed E-state index contributed by atoms with van der Waals surface area (Å²) in [4.78, 5) is 33.9. The van der Waals surface area contributed by atoms with Crippen molar-refractivity contribution >= 4 is 21.7 Å². The maximum Gasteiger partial charge on any atom is 0.289 e. The second-order valence-electron chi connectivity index (χ2n) is 12.4. The molecule has 0 spiro atoms. The Balaban J connectivity index is 1.55. The summed E-state index contributed by atoms with van der Waals surface area (Å²) in [6.07, 6.45) is 14.0. The van der Waals surface area contributed by atoms with Crippen LogP contribution in [0.15, 0.2) is 52.0 Å². The maximum atomic E-state index is 13.8. The molecule has 1 aromatic carbocycles. The summed E-state index contributed by atoms with van der Waals surface area (Å²) in [6.45, 7) is 4.91. The van der Waals surface area contributed by atoms with E-state index >= 15 is 0 Å². The van der Waals surface area contributed by atoms with Crippen molar-refractivity contribution in [2.24, 2.45) is 0 Å². The van der Waals surface area contributed by atoms with E-state index in [0.29, 0.717) is 29.7 Å². The minimum absolute atomic E-state index is 0.0402. The van der Waals surface area contributed by atoms with E-state index in [4.69, 9.17) is 4.42 Å². The number of benzene rings is 1. The first-order valence-electron chi connectivity index (χ1n) is 15.3. The second-order valence-corrected chi connectivity index (χ2v) is 14.4. The van der Waals surface area contributed by atoms with E-state index in [1.165, 1.54) is 44.6 Å². The van der Waals surface area contributed by atoms with Gasteiger partial charge in [0.1, 0.15) is 6.17 Å². The monoisotopic (exact) mass is 583 g/mol. The Kier molecular flexibility index (Phi) is 9.24. The highest BCUT2D eigenvalue weighted by Crippen LogP contribution is 2.41. The number of nitrogens with zero attached hydrogens (tertiary/aromatic N) is 3. The van der Waals surface area contributed by atoms with Crippen LogP contribution in [0.1, 0.15) is 100 Å². The molecule has 224 valence electrons. The average Bonchev–Trinajstić information content (AvgIpc) is 3.49.